The number of rotatable bonds is 3. The number of piperidine rings is 1. The van der Waals surface area contributed by atoms with Crippen molar-refractivity contribution in [2.75, 3.05) is 25.0 Å². The van der Waals surface area contributed by atoms with Crippen molar-refractivity contribution in [3.63, 3.8) is 0 Å². The van der Waals surface area contributed by atoms with Crippen LogP contribution in [-0.4, -0.2) is 45.6 Å². The molecule has 0 bridgehead atoms. The molecule has 1 aliphatic heterocycles. The molecular weight excluding hydrogens is 324 g/mol. The number of likely N-dealkylation sites (tertiary alicyclic amines) is 1. The molecule has 0 aromatic carbocycles. The average Bonchev–Trinajstić information content (AvgIpc) is 2.92. The first kappa shape index (κ1) is 19.0. The lowest BCUT2D eigenvalue weighted by Crippen LogP contribution is -2.44. The van der Waals surface area contributed by atoms with Crippen LogP contribution in [0.1, 0.15) is 60.2 Å². The summed E-state index contributed by atoms with van der Waals surface area (Å²) in [5, 5.41) is 4.24. The summed E-state index contributed by atoms with van der Waals surface area (Å²) in [6, 6.07) is 0. The van der Waals surface area contributed by atoms with Crippen molar-refractivity contribution in [2.45, 2.75) is 65.4 Å². The summed E-state index contributed by atoms with van der Waals surface area (Å²) < 4.78 is 9.89. The predicted molar refractivity (Wildman–Crippen MR) is 97.6 cm³/mol. The topological polar surface area (TPSA) is 67.3 Å². The van der Waals surface area contributed by atoms with E-state index in [9.17, 15) is 4.79 Å². The molecule has 1 atom stereocenters. The van der Waals surface area contributed by atoms with E-state index in [1.165, 1.54) is 11.5 Å². The van der Waals surface area contributed by atoms with E-state index in [-0.39, 0.29) is 11.5 Å². The molecule has 7 heteroatoms. The molecule has 1 N–H and O–H groups in total. The van der Waals surface area contributed by atoms with Gasteiger partial charge in [-0.25, -0.2) is 9.78 Å². The van der Waals surface area contributed by atoms with E-state index in [0.29, 0.717) is 5.92 Å². The van der Waals surface area contributed by atoms with Crippen LogP contribution < -0.4 is 5.32 Å². The Bertz CT molecular complexity index is 560. The molecule has 0 radical (unpaired) electrons. The van der Waals surface area contributed by atoms with Gasteiger partial charge in [0.2, 0.25) is 5.13 Å². The molecule has 2 rings (SSSR count). The van der Waals surface area contributed by atoms with Crippen molar-refractivity contribution in [1.82, 2.24) is 14.3 Å². The minimum atomic E-state index is -0.446. The van der Waals surface area contributed by atoms with Crippen molar-refractivity contribution in [3.05, 3.63) is 5.82 Å². The van der Waals surface area contributed by atoms with E-state index < -0.39 is 5.60 Å². The SMILES string of the molecule is CC(C)(C)OC(=O)N1CCCC(CNc2nc(C(C)(C)C)ns2)C1. The van der Waals surface area contributed by atoms with Crippen molar-refractivity contribution < 1.29 is 9.53 Å². The zero-order valence-electron chi connectivity index (χ0n) is 15.7. The van der Waals surface area contributed by atoms with E-state index in [1.54, 1.807) is 0 Å². The summed E-state index contributed by atoms with van der Waals surface area (Å²) in [6.07, 6.45) is 1.91. The molecule has 1 aromatic rings. The summed E-state index contributed by atoms with van der Waals surface area (Å²) in [7, 11) is 0. The number of hydrogen-bond donors (Lipinski definition) is 1. The molecule has 0 aliphatic carbocycles. The highest BCUT2D eigenvalue weighted by atomic mass is 32.1. The Labute approximate surface area is 149 Å². The largest absolute Gasteiger partial charge is 0.444 e. The standard InChI is InChI=1S/C17H30N4O2S/c1-16(2,3)13-19-14(24-20-13)18-10-12-8-7-9-21(11-12)15(22)23-17(4,5)6/h12H,7-11H2,1-6H3,(H,18,19,20). The zero-order chi connectivity index (χ0) is 18.0. The molecule has 1 aliphatic rings. The number of amides is 1. The van der Waals surface area contributed by atoms with Crippen LogP contribution in [0.3, 0.4) is 0 Å². The second-order valence-electron chi connectivity index (χ2n) is 8.49. The second-order valence-corrected chi connectivity index (χ2v) is 9.24. The van der Waals surface area contributed by atoms with Crippen LogP contribution in [0, 0.1) is 5.92 Å². The van der Waals surface area contributed by atoms with Gasteiger partial charge in [-0.3, -0.25) is 0 Å². The van der Waals surface area contributed by atoms with Gasteiger partial charge in [0.1, 0.15) is 11.4 Å². The van der Waals surface area contributed by atoms with Gasteiger partial charge in [0.05, 0.1) is 0 Å². The lowest BCUT2D eigenvalue weighted by atomic mass is 9.96. The van der Waals surface area contributed by atoms with Gasteiger partial charge in [-0.15, -0.1) is 0 Å². The molecule has 0 saturated carbocycles. The van der Waals surface area contributed by atoms with Crippen molar-refractivity contribution in [1.29, 1.82) is 0 Å². The van der Waals surface area contributed by atoms with Gasteiger partial charge in [0.25, 0.3) is 0 Å². The minimum Gasteiger partial charge on any atom is -0.444 e. The molecule has 136 valence electrons. The number of nitrogens with one attached hydrogen (secondary N) is 1. The zero-order valence-corrected chi connectivity index (χ0v) is 16.5. The molecular formula is C17H30N4O2S. The Kier molecular flexibility index (Phi) is 5.73. The Hall–Kier alpha value is -1.37. The normalized spacial score (nSPS) is 19.2. The molecule has 0 spiro atoms. The van der Waals surface area contributed by atoms with Crippen LogP contribution in [0.15, 0.2) is 0 Å². The van der Waals surface area contributed by atoms with Crippen molar-refractivity contribution in [2.24, 2.45) is 5.92 Å². The lowest BCUT2D eigenvalue weighted by Gasteiger charge is -2.34. The van der Waals surface area contributed by atoms with Crippen LogP contribution in [0.2, 0.25) is 0 Å². The summed E-state index contributed by atoms with van der Waals surface area (Å²) in [5.74, 6) is 1.28. The van der Waals surface area contributed by atoms with Crippen LogP contribution in [0.5, 0.6) is 0 Å². The maximum Gasteiger partial charge on any atom is 0.410 e. The summed E-state index contributed by atoms with van der Waals surface area (Å²) in [6.45, 7) is 14.3. The number of carbonyl (C=O) groups excluding carboxylic acids is 1. The van der Waals surface area contributed by atoms with Crippen LogP contribution >= 0.6 is 11.5 Å². The smallest absolute Gasteiger partial charge is 0.410 e. The summed E-state index contributed by atoms with van der Waals surface area (Å²) in [4.78, 5) is 18.6. The van der Waals surface area contributed by atoms with Gasteiger partial charge >= 0.3 is 6.09 Å². The number of aromatic nitrogens is 2. The number of carbonyl (C=O) groups is 1. The summed E-state index contributed by atoms with van der Waals surface area (Å²) >= 11 is 1.40. The highest BCUT2D eigenvalue weighted by Crippen LogP contribution is 2.24. The van der Waals surface area contributed by atoms with Crippen LogP contribution in [0.25, 0.3) is 0 Å². The third-order valence-corrected chi connectivity index (χ3v) is 4.48. The maximum atomic E-state index is 12.2. The third kappa shape index (κ3) is 5.61. The number of anilines is 1. The number of hydrogen-bond acceptors (Lipinski definition) is 6. The van der Waals surface area contributed by atoms with Crippen LogP contribution in [-0.2, 0) is 10.2 Å². The lowest BCUT2D eigenvalue weighted by molar-refractivity contribution is 0.0172. The van der Waals surface area contributed by atoms with Crippen LogP contribution in [0.4, 0.5) is 9.93 Å². The molecule has 1 fully saturated rings. The van der Waals surface area contributed by atoms with E-state index in [1.807, 2.05) is 25.7 Å². The van der Waals surface area contributed by atoms with Gasteiger partial charge < -0.3 is 15.0 Å². The van der Waals surface area contributed by atoms with Crippen molar-refractivity contribution in [3.8, 4) is 0 Å². The molecule has 24 heavy (non-hydrogen) atoms. The first-order valence-corrected chi connectivity index (χ1v) is 9.38. The van der Waals surface area contributed by atoms with E-state index in [4.69, 9.17) is 4.74 Å². The quantitative estimate of drug-likeness (QED) is 0.892. The Morgan fingerprint density at radius 1 is 1.33 bits per heavy atom. The van der Waals surface area contributed by atoms with Gasteiger partial charge in [0.15, 0.2) is 0 Å². The van der Waals surface area contributed by atoms with E-state index in [2.05, 4.69) is 35.4 Å². The fraction of sp³-hybridized carbons (Fsp3) is 0.824. The number of nitrogens with zero attached hydrogens (tertiary/aromatic N) is 3. The fourth-order valence-corrected chi connectivity index (χ4v) is 3.32. The van der Waals surface area contributed by atoms with Gasteiger partial charge in [0, 0.05) is 36.6 Å². The molecule has 1 saturated heterocycles. The molecule has 2 heterocycles. The monoisotopic (exact) mass is 354 g/mol. The minimum absolute atomic E-state index is 0.0330. The number of ether oxygens (including phenoxy) is 1. The van der Waals surface area contributed by atoms with E-state index in [0.717, 1.165) is 43.4 Å². The summed E-state index contributed by atoms with van der Waals surface area (Å²) in [5.41, 5.74) is -0.479. The second kappa shape index (κ2) is 7.25. The molecule has 1 aromatic heterocycles. The Morgan fingerprint density at radius 3 is 2.62 bits per heavy atom. The Balaban J connectivity index is 1.85. The van der Waals surface area contributed by atoms with Gasteiger partial charge in [-0.1, -0.05) is 20.8 Å². The highest BCUT2D eigenvalue weighted by molar-refractivity contribution is 7.09. The molecule has 1 unspecified atom stereocenters. The van der Waals surface area contributed by atoms with Gasteiger partial charge in [-0.2, -0.15) is 4.37 Å². The highest BCUT2D eigenvalue weighted by Gasteiger charge is 2.28. The van der Waals surface area contributed by atoms with Gasteiger partial charge in [-0.05, 0) is 39.5 Å². The maximum absolute atomic E-state index is 12.2. The molecule has 6 nitrogen and oxygen atoms in total. The van der Waals surface area contributed by atoms with Crippen molar-refractivity contribution >= 4 is 22.8 Å². The average molecular weight is 355 g/mol. The molecule has 1 amide bonds. The third-order valence-electron chi connectivity index (χ3n) is 3.81. The first-order valence-electron chi connectivity index (χ1n) is 8.60. The van der Waals surface area contributed by atoms with E-state index >= 15 is 0 Å². The fourth-order valence-electron chi connectivity index (χ4n) is 2.56. The first-order chi connectivity index (χ1) is 11.0. The predicted octanol–water partition coefficient (Wildman–Crippen LogP) is 3.89. The Morgan fingerprint density at radius 2 is 2.04 bits per heavy atom.